The summed E-state index contributed by atoms with van der Waals surface area (Å²) in [6, 6.07) is 8.54. The van der Waals surface area contributed by atoms with E-state index in [1.54, 1.807) is 0 Å². The molecule has 2 rings (SSSR count). The molecular weight excluding hydrogens is 236 g/mol. The maximum Gasteiger partial charge on any atom is 0.155 e. The van der Waals surface area contributed by atoms with Crippen LogP contribution in [0.1, 0.15) is 24.5 Å². The first-order valence-corrected chi connectivity index (χ1v) is 10.1. The Morgan fingerprint density at radius 2 is 1.89 bits per heavy atom. The Hall–Kier alpha value is -1.15. The summed E-state index contributed by atoms with van der Waals surface area (Å²) >= 11 is 0. The number of benzene rings is 1. The van der Waals surface area contributed by atoms with Gasteiger partial charge < -0.3 is 0 Å². The second-order valence-electron chi connectivity index (χ2n) is 6.69. The predicted molar refractivity (Wildman–Crippen MR) is 79.6 cm³/mol. The number of ketones is 1. The lowest BCUT2D eigenvalue weighted by molar-refractivity contribution is -0.115. The van der Waals surface area contributed by atoms with E-state index in [0.29, 0.717) is 12.2 Å². The highest BCUT2D eigenvalue weighted by Crippen LogP contribution is 2.39. The molecule has 2 heteroatoms. The van der Waals surface area contributed by atoms with Crippen LogP contribution in [0.5, 0.6) is 0 Å². The molecule has 1 unspecified atom stereocenters. The van der Waals surface area contributed by atoms with Crippen LogP contribution < -0.4 is 0 Å². The van der Waals surface area contributed by atoms with Crippen LogP contribution in [-0.2, 0) is 10.2 Å². The molecule has 0 spiro atoms. The monoisotopic (exact) mass is 258 g/mol. The van der Waals surface area contributed by atoms with E-state index in [1.807, 2.05) is 0 Å². The SMILES string of the molecule is Cc1cccc(C2(C)C=C([Si](C)(C)C)C(=O)C2)c1. The van der Waals surface area contributed by atoms with Crippen molar-refractivity contribution in [2.45, 2.75) is 45.3 Å². The van der Waals surface area contributed by atoms with Gasteiger partial charge >= 0.3 is 0 Å². The Morgan fingerprint density at radius 3 is 2.39 bits per heavy atom. The van der Waals surface area contributed by atoms with Crippen LogP contribution in [0, 0.1) is 6.92 Å². The second kappa shape index (κ2) is 4.20. The zero-order valence-electron chi connectivity index (χ0n) is 12.0. The molecule has 1 aromatic rings. The van der Waals surface area contributed by atoms with Crippen molar-refractivity contribution in [3.05, 3.63) is 46.7 Å². The molecule has 0 saturated heterocycles. The molecule has 0 aliphatic heterocycles. The fourth-order valence-electron chi connectivity index (χ4n) is 2.70. The van der Waals surface area contributed by atoms with Crippen LogP contribution in [0.4, 0.5) is 0 Å². The molecule has 0 heterocycles. The van der Waals surface area contributed by atoms with Gasteiger partial charge in [-0.15, -0.1) is 0 Å². The number of carbonyl (C=O) groups excluding carboxylic acids is 1. The highest BCUT2D eigenvalue weighted by Gasteiger charge is 2.40. The molecule has 96 valence electrons. The first kappa shape index (κ1) is 13.3. The summed E-state index contributed by atoms with van der Waals surface area (Å²) in [6.45, 7) is 11.0. The minimum atomic E-state index is -1.51. The predicted octanol–water partition coefficient (Wildman–Crippen LogP) is 4.03. The van der Waals surface area contributed by atoms with Crippen LogP contribution in [0.3, 0.4) is 0 Å². The van der Waals surface area contributed by atoms with E-state index in [0.717, 1.165) is 5.20 Å². The molecule has 0 amide bonds. The Balaban J connectivity index is 2.46. The molecule has 0 fully saturated rings. The lowest BCUT2D eigenvalue weighted by Gasteiger charge is -2.22. The third-order valence-corrected chi connectivity index (χ3v) is 5.82. The van der Waals surface area contributed by atoms with Gasteiger partial charge in [0.25, 0.3) is 0 Å². The van der Waals surface area contributed by atoms with E-state index in [9.17, 15) is 4.79 Å². The van der Waals surface area contributed by atoms with Crippen molar-refractivity contribution in [3.63, 3.8) is 0 Å². The maximum atomic E-state index is 12.3. The van der Waals surface area contributed by atoms with E-state index in [2.05, 4.69) is 63.8 Å². The van der Waals surface area contributed by atoms with Gasteiger partial charge in [-0.1, -0.05) is 62.5 Å². The van der Waals surface area contributed by atoms with E-state index in [-0.39, 0.29) is 5.41 Å². The molecule has 0 saturated carbocycles. The minimum absolute atomic E-state index is 0.0985. The van der Waals surface area contributed by atoms with Gasteiger partial charge in [0.2, 0.25) is 0 Å². The van der Waals surface area contributed by atoms with Gasteiger partial charge in [0.15, 0.2) is 5.78 Å². The van der Waals surface area contributed by atoms with E-state index >= 15 is 0 Å². The highest BCUT2D eigenvalue weighted by atomic mass is 28.3. The van der Waals surface area contributed by atoms with Crippen LogP contribution in [0.2, 0.25) is 19.6 Å². The summed E-state index contributed by atoms with van der Waals surface area (Å²) in [6.07, 6.45) is 2.88. The molecule has 1 nitrogen and oxygen atoms in total. The summed E-state index contributed by atoms with van der Waals surface area (Å²) in [4.78, 5) is 12.3. The van der Waals surface area contributed by atoms with E-state index < -0.39 is 8.07 Å². The molecule has 0 radical (unpaired) electrons. The summed E-state index contributed by atoms with van der Waals surface area (Å²) in [7, 11) is -1.51. The number of hydrogen-bond donors (Lipinski definition) is 0. The number of allylic oxidation sites excluding steroid dienone is 2. The van der Waals surface area contributed by atoms with Gasteiger partial charge in [-0.05, 0) is 17.7 Å². The zero-order chi connectivity index (χ0) is 13.6. The molecule has 1 atom stereocenters. The van der Waals surface area contributed by atoms with Gasteiger partial charge in [-0.3, -0.25) is 4.79 Å². The van der Waals surface area contributed by atoms with Gasteiger partial charge in [0.05, 0.1) is 8.07 Å². The smallest absolute Gasteiger partial charge is 0.155 e. The Labute approximate surface area is 111 Å². The normalized spacial score (nSPS) is 24.3. The van der Waals surface area contributed by atoms with Gasteiger partial charge in [0.1, 0.15) is 0 Å². The zero-order valence-corrected chi connectivity index (χ0v) is 13.0. The molecular formula is C16H22OSi. The Kier molecular flexibility index (Phi) is 3.10. The third-order valence-electron chi connectivity index (χ3n) is 3.78. The fourth-order valence-corrected chi connectivity index (χ4v) is 4.38. The van der Waals surface area contributed by atoms with Crippen molar-refractivity contribution in [2.75, 3.05) is 0 Å². The van der Waals surface area contributed by atoms with Crippen molar-refractivity contribution in [2.24, 2.45) is 0 Å². The van der Waals surface area contributed by atoms with Gasteiger partial charge in [-0.25, -0.2) is 0 Å². The number of carbonyl (C=O) groups is 1. The van der Waals surface area contributed by atoms with Crippen molar-refractivity contribution >= 4 is 13.9 Å². The highest BCUT2D eigenvalue weighted by molar-refractivity contribution is 6.87. The number of Topliss-reactive ketones (excluding diaryl/α,β-unsaturated/α-hetero) is 1. The molecule has 0 aromatic heterocycles. The van der Waals surface area contributed by atoms with Crippen molar-refractivity contribution in [3.8, 4) is 0 Å². The van der Waals surface area contributed by atoms with Crippen LogP contribution >= 0.6 is 0 Å². The van der Waals surface area contributed by atoms with Crippen LogP contribution in [0.25, 0.3) is 0 Å². The Morgan fingerprint density at radius 1 is 1.22 bits per heavy atom. The average molecular weight is 258 g/mol. The summed E-state index contributed by atoms with van der Waals surface area (Å²) in [5.41, 5.74) is 2.43. The lowest BCUT2D eigenvalue weighted by atomic mass is 9.81. The van der Waals surface area contributed by atoms with E-state index in [4.69, 9.17) is 0 Å². The molecule has 1 aliphatic rings. The number of rotatable bonds is 2. The van der Waals surface area contributed by atoms with Crippen molar-refractivity contribution < 1.29 is 4.79 Å². The largest absolute Gasteiger partial charge is 0.295 e. The molecule has 0 bridgehead atoms. The van der Waals surface area contributed by atoms with Crippen molar-refractivity contribution in [1.82, 2.24) is 0 Å². The molecule has 1 aromatic carbocycles. The van der Waals surface area contributed by atoms with Gasteiger partial charge in [-0.2, -0.15) is 0 Å². The second-order valence-corrected chi connectivity index (χ2v) is 11.7. The number of aryl methyl sites for hydroxylation is 1. The average Bonchev–Trinajstić information content (AvgIpc) is 2.55. The lowest BCUT2D eigenvalue weighted by Crippen LogP contribution is -2.27. The maximum absolute atomic E-state index is 12.3. The van der Waals surface area contributed by atoms with Gasteiger partial charge in [0, 0.05) is 11.8 Å². The van der Waals surface area contributed by atoms with Crippen LogP contribution in [0.15, 0.2) is 35.5 Å². The van der Waals surface area contributed by atoms with Crippen LogP contribution in [-0.4, -0.2) is 13.9 Å². The fraction of sp³-hybridized carbons (Fsp3) is 0.438. The summed E-state index contributed by atoms with van der Waals surface area (Å²) in [5, 5.41) is 1.12. The molecule has 18 heavy (non-hydrogen) atoms. The standard InChI is InChI=1S/C16H22OSi/c1-12-7-6-8-13(9-12)16(2)10-14(17)15(11-16)18(3,4)5/h6-9,11H,10H2,1-5H3. The summed E-state index contributed by atoms with van der Waals surface area (Å²) < 4.78 is 0. The first-order chi connectivity index (χ1) is 8.22. The number of hydrogen-bond acceptors (Lipinski definition) is 1. The topological polar surface area (TPSA) is 17.1 Å². The van der Waals surface area contributed by atoms with E-state index in [1.165, 1.54) is 11.1 Å². The molecule has 0 N–H and O–H groups in total. The minimum Gasteiger partial charge on any atom is -0.295 e. The molecule has 1 aliphatic carbocycles. The third kappa shape index (κ3) is 2.34. The summed E-state index contributed by atoms with van der Waals surface area (Å²) in [5.74, 6) is 0.359. The quantitative estimate of drug-likeness (QED) is 0.732. The first-order valence-electron chi connectivity index (χ1n) is 6.56. The van der Waals surface area contributed by atoms with Crippen molar-refractivity contribution in [1.29, 1.82) is 0 Å². The Bertz CT molecular complexity index is 522.